The summed E-state index contributed by atoms with van der Waals surface area (Å²) >= 11 is 0. The molecule has 2 heteroatoms. The highest BCUT2D eigenvalue weighted by Gasteiger charge is 2.34. The van der Waals surface area contributed by atoms with Gasteiger partial charge in [-0.1, -0.05) is 20.3 Å². The fourth-order valence-corrected chi connectivity index (χ4v) is 4.43. The van der Waals surface area contributed by atoms with Gasteiger partial charge < -0.3 is 11.5 Å². The van der Waals surface area contributed by atoms with Crippen molar-refractivity contribution in [1.82, 2.24) is 0 Å². The number of rotatable bonds is 4. The quantitative estimate of drug-likeness (QED) is 0.806. The van der Waals surface area contributed by atoms with E-state index in [0.717, 1.165) is 23.7 Å². The van der Waals surface area contributed by atoms with Crippen molar-refractivity contribution in [2.24, 2.45) is 35.1 Å². The number of nitrogens with two attached hydrogens (primary N) is 2. The summed E-state index contributed by atoms with van der Waals surface area (Å²) in [5.41, 5.74) is 12.2. The van der Waals surface area contributed by atoms with Crippen molar-refractivity contribution in [3.05, 3.63) is 0 Å². The third-order valence-electron chi connectivity index (χ3n) is 5.70. The van der Waals surface area contributed by atoms with Gasteiger partial charge in [0.05, 0.1) is 0 Å². The van der Waals surface area contributed by atoms with Gasteiger partial charge in [-0.2, -0.15) is 0 Å². The van der Waals surface area contributed by atoms with E-state index in [1.165, 1.54) is 51.4 Å². The minimum atomic E-state index is 0.479. The minimum Gasteiger partial charge on any atom is -0.328 e. The first-order valence-electron chi connectivity index (χ1n) is 8.11. The summed E-state index contributed by atoms with van der Waals surface area (Å²) in [6.45, 7) is 4.80. The molecule has 0 radical (unpaired) electrons. The summed E-state index contributed by atoms with van der Waals surface area (Å²) in [5.74, 6) is 3.60. The Balaban J connectivity index is 1.81. The van der Waals surface area contributed by atoms with Gasteiger partial charge in [0.1, 0.15) is 0 Å². The summed E-state index contributed by atoms with van der Waals surface area (Å²) in [4.78, 5) is 0. The lowest BCUT2D eigenvalue weighted by Crippen LogP contribution is -2.29. The average molecular weight is 252 g/mol. The second-order valence-electron chi connectivity index (χ2n) is 7.05. The largest absolute Gasteiger partial charge is 0.328 e. The molecule has 2 fully saturated rings. The van der Waals surface area contributed by atoms with Crippen LogP contribution in [0.2, 0.25) is 0 Å². The Bertz CT molecular complexity index is 245. The van der Waals surface area contributed by atoms with Gasteiger partial charge in [0.15, 0.2) is 0 Å². The van der Waals surface area contributed by atoms with Crippen LogP contribution in [0.3, 0.4) is 0 Å². The van der Waals surface area contributed by atoms with Gasteiger partial charge in [-0.15, -0.1) is 0 Å². The van der Waals surface area contributed by atoms with Crippen molar-refractivity contribution in [3.63, 3.8) is 0 Å². The lowest BCUT2D eigenvalue weighted by Gasteiger charge is -2.33. The Kier molecular flexibility index (Phi) is 5.08. The normalized spacial score (nSPS) is 43.0. The van der Waals surface area contributed by atoms with E-state index in [1.54, 1.807) is 0 Å². The van der Waals surface area contributed by atoms with Crippen LogP contribution in [0.15, 0.2) is 0 Å². The van der Waals surface area contributed by atoms with Crippen molar-refractivity contribution in [3.8, 4) is 0 Å². The first-order valence-corrected chi connectivity index (χ1v) is 8.11. The van der Waals surface area contributed by atoms with Gasteiger partial charge in [0.25, 0.3) is 0 Å². The van der Waals surface area contributed by atoms with Crippen molar-refractivity contribution < 1.29 is 0 Å². The lowest BCUT2D eigenvalue weighted by molar-refractivity contribution is 0.196. The van der Waals surface area contributed by atoms with Gasteiger partial charge in [0, 0.05) is 12.1 Å². The van der Waals surface area contributed by atoms with Gasteiger partial charge >= 0.3 is 0 Å². The molecular formula is C16H32N2. The third-order valence-corrected chi connectivity index (χ3v) is 5.70. The number of hydrogen-bond acceptors (Lipinski definition) is 2. The lowest BCUT2D eigenvalue weighted by atomic mass is 9.74. The molecule has 0 spiro atoms. The molecular weight excluding hydrogens is 220 g/mol. The molecule has 106 valence electrons. The maximum atomic E-state index is 6.15. The monoisotopic (exact) mass is 252 g/mol. The Labute approximate surface area is 113 Å². The number of hydrogen-bond donors (Lipinski definition) is 2. The molecule has 4 atom stereocenters. The van der Waals surface area contributed by atoms with Gasteiger partial charge in [-0.25, -0.2) is 0 Å². The van der Waals surface area contributed by atoms with Crippen LogP contribution in [-0.4, -0.2) is 12.1 Å². The van der Waals surface area contributed by atoms with Crippen molar-refractivity contribution >= 4 is 0 Å². The molecule has 2 rings (SSSR count). The highest BCUT2D eigenvalue weighted by Crippen LogP contribution is 2.41. The summed E-state index contributed by atoms with van der Waals surface area (Å²) in [6, 6.07) is 0.962. The van der Waals surface area contributed by atoms with E-state index in [1.807, 2.05) is 0 Å². The fraction of sp³-hybridized carbons (Fsp3) is 1.00. The molecule has 0 aromatic carbocycles. The molecule has 0 aliphatic heterocycles. The summed E-state index contributed by atoms with van der Waals surface area (Å²) in [7, 11) is 0. The van der Waals surface area contributed by atoms with Crippen LogP contribution >= 0.6 is 0 Å². The van der Waals surface area contributed by atoms with Crippen molar-refractivity contribution in [1.29, 1.82) is 0 Å². The topological polar surface area (TPSA) is 52.0 Å². The van der Waals surface area contributed by atoms with Crippen LogP contribution in [0.4, 0.5) is 0 Å². The maximum absolute atomic E-state index is 6.15. The molecule has 2 unspecified atom stereocenters. The second kappa shape index (κ2) is 6.38. The molecule has 2 aliphatic carbocycles. The Hall–Kier alpha value is -0.0800. The van der Waals surface area contributed by atoms with Crippen molar-refractivity contribution in [2.75, 3.05) is 0 Å². The zero-order valence-corrected chi connectivity index (χ0v) is 12.3. The van der Waals surface area contributed by atoms with Crippen LogP contribution in [-0.2, 0) is 0 Å². The molecule has 0 amide bonds. The van der Waals surface area contributed by atoms with Crippen LogP contribution in [0, 0.1) is 23.7 Å². The Morgan fingerprint density at radius 2 is 1.56 bits per heavy atom. The fourth-order valence-electron chi connectivity index (χ4n) is 4.43. The first kappa shape index (κ1) is 14.3. The molecule has 0 saturated heterocycles. The van der Waals surface area contributed by atoms with E-state index >= 15 is 0 Å². The first-order chi connectivity index (χ1) is 8.60. The van der Waals surface area contributed by atoms with E-state index < -0.39 is 0 Å². The highest BCUT2D eigenvalue weighted by molar-refractivity contribution is 4.87. The highest BCUT2D eigenvalue weighted by atomic mass is 14.7. The van der Waals surface area contributed by atoms with E-state index in [0.29, 0.717) is 12.1 Å². The predicted octanol–water partition coefficient (Wildman–Crippen LogP) is 3.29. The van der Waals surface area contributed by atoms with E-state index in [4.69, 9.17) is 11.5 Å². The minimum absolute atomic E-state index is 0.479. The predicted molar refractivity (Wildman–Crippen MR) is 78.2 cm³/mol. The van der Waals surface area contributed by atoms with Gasteiger partial charge in [-0.3, -0.25) is 0 Å². The van der Waals surface area contributed by atoms with Crippen molar-refractivity contribution in [2.45, 2.75) is 77.3 Å². The third kappa shape index (κ3) is 3.48. The zero-order chi connectivity index (χ0) is 13.1. The molecule has 2 aliphatic rings. The van der Waals surface area contributed by atoms with E-state index in [9.17, 15) is 0 Å². The van der Waals surface area contributed by atoms with E-state index in [-0.39, 0.29) is 0 Å². The molecule has 4 N–H and O–H groups in total. The second-order valence-corrected chi connectivity index (χ2v) is 7.05. The van der Waals surface area contributed by atoms with Crippen LogP contribution in [0.1, 0.15) is 65.2 Å². The summed E-state index contributed by atoms with van der Waals surface area (Å²) in [6.07, 6.45) is 10.5. The average Bonchev–Trinajstić information content (AvgIpc) is 2.70. The Morgan fingerprint density at radius 3 is 2.17 bits per heavy atom. The van der Waals surface area contributed by atoms with Crippen LogP contribution in [0.25, 0.3) is 0 Å². The molecule has 0 aromatic rings. The molecule has 18 heavy (non-hydrogen) atoms. The smallest absolute Gasteiger partial charge is 0.00443 e. The zero-order valence-electron chi connectivity index (χ0n) is 12.3. The maximum Gasteiger partial charge on any atom is 0.00443 e. The summed E-state index contributed by atoms with van der Waals surface area (Å²) < 4.78 is 0. The molecule has 0 aromatic heterocycles. The molecule has 0 bridgehead atoms. The molecule has 0 heterocycles. The van der Waals surface area contributed by atoms with Crippen LogP contribution < -0.4 is 11.5 Å². The molecule has 2 nitrogen and oxygen atoms in total. The van der Waals surface area contributed by atoms with Crippen LogP contribution in [0.5, 0.6) is 0 Å². The van der Waals surface area contributed by atoms with Gasteiger partial charge in [-0.05, 0) is 68.6 Å². The Morgan fingerprint density at radius 1 is 0.944 bits per heavy atom. The SMILES string of the molecule is CC[C@@H]1C[C@H](N)CC1CC(C)[C@H]1CC[C@@H](N)CC1. The standard InChI is InChI=1S/C16H32N2/c1-3-12-9-16(18)10-14(12)8-11(2)13-4-6-15(17)7-5-13/h11-16H,3-10,17-18H2,1-2H3/t11?,12-,13-,14?,15+,16+/m1/s1. The molecule has 2 saturated carbocycles. The van der Waals surface area contributed by atoms with E-state index in [2.05, 4.69) is 13.8 Å². The van der Waals surface area contributed by atoms with Gasteiger partial charge in [0.2, 0.25) is 0 Å². The summed E-state index contributed by atoms with van der Waals surface area (Å²) in [5, 5.41) is 0.